The number of benzene rings is 1. The molecule has 1 aliphatic heterocycles. The number of anilines is 1. The van der Waals surface area contributed by atoms with Crippen molar-refractivity contribution >= 4 is 29.3 Å². The van der Waals surface area contributed by atoms with Crippen LogP contribution in [0, 0.1) is 0 Å². The summed E-state index contributed by atoms with van der Waals surface area (Å²) >= 11 is 1.44. The lowest BCUT2D eigenvalue weighted by molar-refractivity contribution is -0.150. The lowest BCUT2D eigenvalue weighted by atomic mass is 10.0. The topological polar surface area (TPSA) is 119 Å². The maximum atomic E-state index is 12.8. The van der Waals surface area contributed by atoms with E-state index in [4.69, 9.17) is 4.74 Å². The molecule has 8 nitrogen and oxygen atoms in total. The summed E-state index contributed by atoms with van der Waals surface area (Å²) in [5.41, 5.74) is 0.756. The predicted molar refractivity (Wildman–Crippen MR) is 120 cm³/mol. The molecule has 172 valence electrons. The van der Waals surface area contributed by atoms with Gasteiger partial charge in [0.05, 0.1) is 5.69 Å². The van der Waals surface area contributed by atoms with Gasteiger partial charge in [-0.05, 0) is 18.6 Å². The Labute approximate surface area is 187 Å². The number of hydrogen-bond acceptors (Lipinski definition) is 7. The van der Waals surface area contributed by atoms with Crippen molar-refractivity contribution in [3.8, 4) is 0 Å². The molecule has 0 saturated carbocycles. The number of nitrogens with zero attached hydrogens (tertiary/aromatic N) is 1. The number of ether oxygens (including phenoxy) is 1. The Kier molecular flexibility index (Phi) is 9.98. The molecule has 1 heterocycles. The highest BCUT2D eigenvalue weighted by Crippen LogP contribution is 2.33. The maximum Gasteiger partial charge on any atom is 0.252 e. The number of allylic oxidation sites excluding steroid dienone is 1. The minimum Gasteiger partial charge on any atom is -0.387 e. The van der Waals surface area contributed by atoms with Gasteiger partial charge in [-0.1, -0.05) is 44.1 Å². The Balaban J connectivity index is 2.03. The van der Waals surface area contributed by atoms with Crippen LogP contribution >= 0.6 is 11.8 Å². The number of unbranched alkanes of at least 4 members (excludes halogenated alkanes) is 2. The van der Waals surface area contributed by atoms with Crippen LogP contribution in [0.4, 0.5) is 5.69 Å². The van der Waals surface area contributed by atoms with E-state index in [0.717, 1.165) is 29.8 Å². The molecule has 0 saturated heterocycles. The van der Waals surface area contributed by atoms with Gasteiger partial charge in [0.15, 0.2) is 6.10 Å². The number of aliphatic hydroxyl groups excluding tert-OH is 3. The Morgan fingerprint density at radius 2 is 2.03 bits per heavy atom. The number of hydrogen-bond donors (Lipinski definition) is 4. The number of aliphatic hydroxyl groups is 3. The third-order valence-electron chi connectivity index (χ3n) is 5.16. The molecule has 1 aliphatic rings. The standard InChI is InChI=1S/C22H32N2O6S/c1-4-5-6-7-11-16(25)18(26)19(27)20(30-3)21(28)23-14-13-31-17-12-9-8-10-15(17)24(2)22(14)29/h7-12,14,16,18-20,25-27H,4-6,13H2,1-3H3,(H,23,28)/b11-7+/t14?,16-,18+,19-,20-/m1/s1. The summed E-state index contributed by atoms with van der Waals surface area (Å²) in [6.45, 7) is 2.04. The van der Waals surface area contributed by atoms with Crippen molar-refractivity contribution in [3.63, 3.8) is 0 Å². The van der Waals surface area contributed by atoms with E-state index in [1.807, 2.05) is 31.2 Å². The molecular weight excluding hydrogens is 420 g/mol. The smallest absolute Gasteiger partial charge is 0.252 e. The lowest BCUT2D eigenvalue weighted by Gasteiger charge is -2.28. The Morgan fingerprint density at radius 3 is 2.71 bits per heavy atom. The highest BCUT2D eigenvalue weighted by atomic mass is 32.2. The first kappa shape index (κ1) is 25.4. The van der Waals surface area contributed by atoms with Gasteiger partial charge in [0.2, 0.25) is 5.91 Å². The zero-order valence-corrected chi connectivity index (χ0v) is 18.9. The van der Waals surface area contributed by atoms with Crippen LogP contribution in [0.3, 0.4) is 0 Å². The van der Waals surface area contributed by atoms with Crippen LogP contribution in [-0.4, -0.2) is 77.5 Å². The minimum absolute atomic E-state index is 0.297. The second kappa shape index (κ2) is 12.2. The van der Waals surface area contributed by atoms with E-state index in [1.165, 1.54) is 29.8 Å². The van der Waals surface area contributed by atoms with Crippen LogP contribution < -0.4 is 10.2 Å². The molecule has 0 spiro atoms. The summed E-state index contributed by atoms with van der Waals surface area (Å²) in [5, 5.41) is 33.4. The van der Waals surface area contributed by atoms with Gasteiger partial charge in [0.1, 0.15) is 24.4 Å². The largest absolute Gasteiger partial charge is 0.387 e. The first-order valence-electron chi connectivity index (χ1n) is 10.3. The highest BCUT2D eigenvalue weighted by molar-refractivity contribution is 7.99. The van der Waals surface area contributed by atoms with Crippen LogP contribution in [0.25, 0.3) is 0 Å². The van der Waals surface area contributed by atoms with E-state index in [-0.39, 0.29) is 5.91 Å². The van der Waals surface area contributed by atoms with Gasteiger partial charge < -0.3 is 30.3 Å². The molecule has 1 unspecified atom stereocenters. The van der Waals surface area contributed by atoms with Crippen molar-refractivity contribution in [2.24, 2.45) is 0 Å². The Morgan fingerprint density at radius 1 is 1.32 bits per heavy atom. The van der Waals surface area contributed by atoms with E-state index in [0.29, 0.717) is 5.75 Å². The Hall–Kier alpha value is -1.91. The summed E-state index contributed by atoms with van der Waals surface area (Å²) < 4.78 is 5.10. The van der Waals surface area contributed by atoms with Crippen LogP contribution in [0.1, 0.15) is 26.2 Å². The van der Waals surface area contributed by atoms with Crippen LogP contribution in [0.5, 0.6) is 0 Å². The summed E-state index contributed by atoms with van der Waals surface area (Å²) in [6, 6.07) is 6.61. The molecule has 1 aromatic rings. The van der Waals surface area contributed by atoms with Gasteiger partial charge in [0.25, 0.3) is 5.91 Å². The molecule has 2 amide bonds. The van der Waals surface area contributed by atoms with Crippen molar-refractivity contribution in [1.82, 2.24) is 5.32 Å². The average Bonchev–Trinajstić information content (AvgIpc) is 2.88. The van der Waals surface area contributed by atoms with E-state index in [9.17, 15) is 24.9 Å². The number of carbonyl (C=O) groups is 2. The number of para-hydroxylation sites is 1. The molecule has 4 N–H and O–H groups in total. The average molecular weight is 453 g/mol. The predicted octanol–water partition coefficient (Wildman–Crippen LogP) is 1.08. The molecule has 0 bridgehead atoms. The van der Waals surface area contributed by atoms with E-state index in [1.54, 1.807) is 13.1 Å². The van der Waals surface area contributed by atoms with Gasteiger partial charge in [-0.3, -0.25) is 9.59 Å². The van der Waals surface area contributed by atoms with Crippen LogP contribution in [0.15, 0.2) is 41.3 Å². The molecule has 5 atom stereocenters. The van der Waals surface area contributed by atoms with Gasteiger partial charge >= 0.3 is 0 Å². The summed E-state index contributed by atoms with van der Waals surface area (Å²) in [7, 11) is 2.86. The fourth-order valence-electron chi connectivity index (χ4n) is 3.26. The van der Waals surface area contributed by atoms with E-state index in [2.05, 4.69) is 5.32 Å². The van der Waals surface area contributed by atoms with Crippen LogP contribution in [0.2, 0.25) is 0 Å². The first-order chi connectivity index (χ1) is 14.8. The number of rotatable bonds is 10. The molecule has 9 heteroatoms. The number of thioether (sulfide) groups is 1. The first-order valence-corrected chi connectivity index (χ1v) is 11.3. The number of fused-ring (bicyclic) bond motifs is 1. The van der Waals surface area contributed by atoms with Crippen molar-refractivity contribution in [3.05, 3.63) is 36.4 Å². The second-order valence-corrected chi connectivity index (χ2v) is 8.50. The summed E-state index contributed by atoms with van der Waals surface area (Å²) in [4.78, 5) is 28.0. The molecule has 0 aliphatic carbocycles. The maximum absolute atomic E-state index is 12.8. The molecule has 31 heavy (non-hydrogen) atoms. The van der Waals surface area contributed by atoms with E-state index < -0.39 is 36.4 Å². The molecule has 0 radical (unpaired) electrons. The number of nitrogens with one attached hydrogen (secondary N) is 1. The number of carbonyl (C=O) groups excluding carboxylic acids is 2. The van der Waals surface area contributed by atoms with E-state index >= 15 is 0 Å². The van der Waals surface area contributed by atoms with Crippen LogP contribution in [-0.2, 0) is 14.3 Å². The summed E-state index contributed by atoms with van der Waals surface area (Å²) in [5.74, 6) is -0.729. The lowest BCUT2D eigenvalue weighted by Crippen LogP contribution is -2.56. The Bertz CT molecular complexity index is 774. The van der Waals surface area contributed by atoms with Gasteiger partial charge in [0, 0.05) is 24.8 Å². The SMILES string of the molecule is CCCC/C=C/[C@@H](O)[C@H](O)[C@@H](O)[C@@H](OC)C(=O)NC1CSc2ccccc2N(C)C1=O. The van der Waals surface area contributed by atoms with Gasteiger partial charge in [-0.2, -0.15) is 0 Å². The zero-order chi connectivity index (χ0) is 23.0. The molecular formula is C22H32N2O6S. The fourth-order valence-corrected chi connectivity index (χ4v) is 4.36. The molecule has 0 aromatic heterocycles. The molecule has 2 rings (SSSR count). The number of methoxy groups -OCH3 is 1. The molecule has 1 aromatic carbocycles. The normalized spacial score (nSPS) is 20.6. The van der Waals surface area contributed by atoms with Gasteiger partial charge in [-0.25, -0.2) is 0 Å². The van der Waals surface area contributed by atoms with Crippen molar-refractivity contribution < 1.29 is 29.6 Å². The fraction of sp³-hybridized carbons (Fsp3) is 0.545. The monoisotopic (exact) mass is 452 g/mol. The quantitative estimate of drug-likeness (QED) is 0.310. The van der Waals surface area contributed by atoms with Gasteiger partial charge in [-0.15, -0.1) is 11.8 Å². The van der Waals surface area contributed by atoms with Crippen molar-refractivity contribution in [1.29, 1.82) is 0 Å². The second-order valence-electron chi connectivity index (χ2n) is 7.44. The highest BCUT2D eigenvalue weighted by Gasteiger charge is 2.38. The third kappa shape index (κ3) is 6.54. The van der Waals surface area contributed by atoms with Crippen molar-refractivity contribution in [2.75, 3.05) is 24.8 Å². The van der Waals surface area contributed by atoms with Crippen molar-refractivity contribution in [2.45, 2.75) is 61.5 Å². The number of amides is 2. The summed E-state index contributed by atoms with van der Waals surface area (Å²) in [6.07, 6.45) is -0.323. The third-order valence-corrected chi connectivity index (χ3v) is 6.31. The number of likely N-dealkylation sites (N-methyl/N-ethyl adjacent to an activating group) is 1. The minimum atomic E-state index is -1.68. The zero-order valence-electron chi connectivity index (χ0n) is 18.1. The molecule has 0 fully saturated rings.